The van der Waals surface area contributed by atoms with Gasteiger partial charge in [0.1, 0.15) is 17.8 Å². The zero-order valence-electron chi connectivity index (χ0n) is 56.3. The number of nitrogens with zero attached hydrogens (tertiary/aromatic N) is 2. The lowest BCUT2D eigenvalue weighted by molar-refractivity contribution is -0.0612. The molecular weight excluding hydrogens is 1310 g/mol. The predicted octanol–water partition coefficient (Wildman–Crippen LogP) is 9.77. The van der Waals surface area contributed by atoms with Crippen LogP contribution in [0.2, 0.25) is 0 Å². The SMILES string of the molecule is CC(Cl)OC(=O)Cl.CCCCCCOCCOCCOCCOCCO.CCCCCCOCCOCCOCCOCCOC(=O)OC(C)OP(=O)(O)SCC(CNC)CNC.CN(CC(CSP(=O)(O)O)CN(C)C(=O)OC(C)(C)C)C(=O)OC(C)(C)C. The highest BCUT2D eigenvalue weighted by molar-refractivity contribution is 8.55. The molecule has 0 aromatic rings. The van der Waals surface area contributed by atoms with E-state index in [4.69, 9.17) is 99.5 Å². The fourth-order valence-electron chi connectivity index (χ4n) is 6.51. The van der Waals surface area contributed by atoms with Crippen LogP contribution in [0.1, 0.15) is 121 Å². The third kappa shape index (κ3) is 77.1. The van der Waals surface area contributed by atoms with Gasteiger partial charge in [0.2, 0.25) is 6.29 Å². The molecule has 0 bridgehead atoms. The molecule has 90 heavy (non-hydrogen) atoms. The lowest BCUT2D eigenvalue weighted by atomic mass is 10.1. The average molecular weight is 1430 g/mol. The number of unbranched alkanes of at least 4 members (excludes halogenated alkanes) is 6. The summed E-state index contributed by atoms with van der Waals surface area (Å²) in [5.74, 6) is 0.205. The fourth-order valence-corrected chi connectivity index (χ4v) is 11.5. The molecule has 0 aliphatic rings. The van der Waals surface area contributed by atoms with Crippen molar-refractivity contribution in [1.29, 1.82) is 0 Å². The van der Waals surface area contributed by atoms with Crippen molar-refractivity contribution in [3.8, 4) is 0 Å². The Kier molecular flexibility index (Phi) is 65.6. The first kappa shape index (κ1) is 94.8. The average Bonchev–Trinajstić information content (AvgIpc) is 3.20. The van der Waals surface area contributed by atoms with Crippen molar-refractivity contribution in [3.05, 3.63) is 0 Å². The van der Waals surface area contributed by atoms with E-state index in [-0.39, 0.29) is 44.6 Å². The van der Waals surface area contributed by atoms with Crippen LogP contribution >= 0.6 is 59.6 Å². The van der Waals surface area contributed by atoms with Crippen molar-refractivity contribution >= 4 is 83.3 Å². The minimum absolute atomic E-state index is 0.0334. The van der Waals surface area contributed by atoms with E-state index < -0.39 is 66.3 Å². The molecule has 540 valence electrons. The Morgan fingerprint density at radius 2 is 0.889 bits per heavy atom. The number of hydrogen-bond donors (Lipinski definition) is 6. The molecule has 0 heterocycles. The summed E-state index contributed by atoms with van der Waals surface area (Å²) in [5.41, 5.74) is -2.82. The predicted molar refractivity (Wildman–Crippen MR) is 352 cm³/mol. The standard InChI is InChI=1S/C23H49N2O10PS.C16H33N2O7PS.C14H30O5.C3H4Cl2O2/c1-5-6-7-8-9-29-10-11-30-12-13-31-14-15-32-16-17-33-23(26)34-21(2)35-36(27,28)37-20-22(18-24-3)19-25-4;1-15(2,3)24-13(19)17(7)9-12(11-27-26(21,22)23)10-18(8)14(20)25-16(4,5)6;1-2-3-4-5-7-16-9-11-18-13-14-19-12-10-17-8-6-15;1-2(4)7-3(5)6/h21-22,24-25H,5-20H2,1-4H3,(H,27,28);12H,9-11H2,1-8H3,(H2,21,22,23);15H,2-14H2,1H3;2H,1H3. The van der Waals surface area contributed by atoms with Crippen LogP contribution in [-0.4, -0.2) is 261 Å². The summed E-state index contributed by atoms with van der Waals surface area (Å²) in [5, 5.41) is 14.5. The normalized spacial score (nSPS) is 12.9. The number of hydrogen-bond acceptors (Lipinski definition) is 25. The van der Waals surface area contributed by atoms with Crippen LogP contribution < -0.4 is 10.6 Å². The molecule has 0 fully saturated rings. The van der Waals surface area contributed by atoms with Crippen LogP contribution in [0.4, 0.5) is 19.2 Å². The molecule has 0 saturated heterocycles. The maximum atomic E-state index is 12.2. The highest BCUT2D eigenvalue weighted by Gasteiger charge is 2.29. The minimum Gasteiger partial charge on any atom is -0.444 e. The molecule has 3 atom stereocenters. The van der Waals surface area contributed by atoms with Gasteiger partial charge in [-0.3, -0.25) is 4.52 Å². The van der Waals surface area contributed by atoms with Crippen LogP contribution in [0.3, 0.4) is 0 Å². The zero-order chi connectivity index (χ0) is 69.1. The summed E-state index contributed by atoms with van der Waals surface area (Å²) in [4.78, 5) is 76.6. The Morgan fingerprint density at radius 3 is 1.20 bits per heavy atom. The van der Waals surface area contributed by atoms with E-state index >= 15 is 0 Å². The number of amides is 2. The summed E-state index contributed by atoms with van der Waals surface area (Å²) in [6, 6.07) is 0. The Morgan fingerprint density at radius 1 is 0.533 bits per heavy atom. The largest absolute Gasteiger partial charge is 0.510 e. The number of alkyl halides is 1. The summed E-state index contributed by atoms with van der Waals surface area (Å²) in [7, 11) is 6.70. The molecule has 34 heteroatoms. The van der Waals surface area contributed by atoms with Gasteiger partial charge in [-0.15, -0.1) is 0 Å². The first-order valence-corrected chi connectivity index (χ1v) is 37.6. The van der Waals surface area contributed by atoms with E-state index in [9.17, 15) is 33.2 Å². The van der Waals surface area contributed by atoms with Gasteiger partial charge in [-0.1, -0.05) is 64.0 Å². The van der Waals surface area contributed by atoms with E-state index in [1.807, 2.05) is 14.1 Å². The molecule has 0 radical (unpaired) electrons. The first-order chi connectivity index (χ1) is 42.3. The van der Waals surface area contributed by atoms with Crippen LogP contribution in [0.5, 0.6) is 0 Å². The zero-order valence-corrected chi connectivity index (χ0v) is 61.2. The van der Waals surface area contributed by atoms with Crippen molar-refractivity contribution < 1.29 is 114 Å². The fraction of sp³-hybridized carbons (Fsp3) is 0.929. The number of halogens is 2. The molecule has 28 nitrogen and oxygen atoms in total. The molecule has 0 aliphatic heterocycles. The maximum absolute atomic E-state index is 12.2. The molecule has 0 spiro atoms. The first-order valence-electron chi connectivity index (χ1n) is 30.4. The summed E-state index contributed by atoms with van der Waals surface area (Å²) >= 11 is 11.2. The molecule has 0 aliphatic carbocycles. The number of aliphatic hydroxyl groups is 1. The second-order valence-corrected chi connectivity index (χ2v) is 30.2. The van der Waals surface area contributed by atoms with E-state index in [2.05, 4.69) is 29.2 Å². The molecular formula is C56H116Cl2N4O24P2S2. The number of carbonyl (C=O) groups is 4. The lowest BCUT2D eigenvalue weighted by Gasteiger charge is -2.30. The van der Waals surface area contributed by atoms with Gasteiger partial charge in [0, 0.05) is 69.4 Å². The lowest BCUT2D eigenvalue weighted by Crippen LogP contribution is -2.42. The molecule has 0 saturated carbocycles. The minimum atomic E-state index is -4.27. The molecule has 6 N–H and O–H groups in total. The van der Waals surface area contributed by atoms with Crippen LogP contribution in [-0.2, 0) is 75.2 Å². The third-order valence-corrected chi connectivity index (χ3v) is 16.2. The number of nitrogens with one attached hydrogen (secondary N) is 2. The van der Waals surface area contributed by atoms with Crippen molar-refractivity contribution in [1.82, 2.24) is 20.4 Å². The van der Waals surface area contributed by atoms with Crippen LogP contribution in [0.15, 0.2) is 0 Å². The van der Waals surface area contributed by atoms with Gasteiger partial charge in [-0.2, -0.15) is 0 Å². The highest BCUT2D eigenvalue weighted by Crippen LogP contribution is 2.57. The topological polar surface area (TPSA) is 343 Å². The number of ether oxygens (including phenoxy) is 13. The monoisotopic (exact) mass is 1420 g/mol. The summed E-state index contributed by atoms with van der Waals surface area (Å²) < 4.78 is 95.6. The molecule has 0 rings (SSSR count). The third-order valence-electron chi connectivity index (χ3n) is 10.4. The van der Waals surface area contributed by atoms with Gasteiger partial charge in [0.05, 0.1) is 99.1 Å². The van der Waals surface area contributed by atoms with Gasteiger partial charge in [-0.25, -0.2) is 28.3 Å². The van der Waals surface area contributed by atoms with E-state index in [0.29, 0.717) is 116 Å². The quantitative estimate of drug-likeness (QED) is 0.00627. The number of carbonyl (C=O) groups excluding carboxylic acids is 4. The smallest absolute Gasteiger partial charge is 0.444 e. The Balaban J connectivity index is -0.000000610. The number of rotatable bonds is 51. The van der Waals surface area contributed by atoms with Crippen LogP contribution in [0, 0.1) is 11.8 Å². The van der Waals surface area contributed by atoms with E-state index in [1.165, 1.54) is 76.3 Å². The Labute approximate surface area is 555 Å². The van der Waals surface area contributed by atoms with E-state index in [0.717, 1.165) is 37.4 Å². The molecule has 0 aromatic heterocycles. The maximum Gasteiger partial charge on any atom is 0.510 e. The van der Waals surface area contributed by atoms with Gasteiger partial charge in [-0.05, 0) is 124 Å². The van der Waals surface area contributed by atoms with Gasteiger partial charge >= 0.3 is 37.4 Å². The second kappa shape index (κ2) is 62.2. The van der Waals surface area contributed by atoms with E-state index in [1.54, 1.807) is 41.5 Å². The van der Waals surface area contributed by atoms with Crippen molar-refractivity contribution in [2.75, 3.05) is 185 Å². The van der Waals surface area contributed by atoms with Crippen LogP contribution in [0.25, 0.3) is 0 Å². The van der Waals surface area contributed by atoms with Crippen molar-refractivity contribution in [2.45, 2.75) is 144 Å². The second-order valence-electron chi connectivity index (χ2n) is 21.7. The summed E-state index contributed by atoms with van der Waals surface area (Å²) in [6.45, 7) is 19.6. The molecule has 3 unspecified atom stereocenters. The Hall–Kier alpha value is -1.58. The molecule has 0 aromatic carbocycles. The Bertz CT molecular complexity index is 1750. The van der Waals surface area contributed by atoms with Crippen molar-refractivity contribution in [3.63, 3.8) is 0 Å². The summed E-state index contributed by atoms with van der Waals surface area (Å²) in [6.07, 6.45) is 6.38. The number of aliphatic hydroxyl groups excluding tert-OH is 1. The van der Waals surface area contributed by atoms with Gasteiger partial charge in [0.25, 0.3) is 0 Å². The highest BCUT2D eigenvalue weighted by atomic mass is 35.5. The molecule has 2 amide bonds. The van der Waals surface area contributed by atoms with Gasteiger partial charge < -0.3 is 102 Å². The van der Waals surface area contributed by atoms with Gasteiger partial charge in [0.15, 0.2) is 5.56 Å². The van der Waals surface area contributed by atoms with Crippen molar-refractivity contribution in [2.24, 2.45) is 11.8 Å².